The topological polar surface area (TPSA) is 55.1 Å². The molecule has 1 aromatic carbocycles. The summed E-state index contributed by atoms with van der Waals surface area (Å²) in [6, 6.07) is 8.28. The Morgan fingerprint density at radius 1 is 1.29 bits per heavy atom. The van der Waals surface area contributed by atoms with E-state index in [2.05, 4.69) is 17.4 Å². The quantitative estimate of drug-likeness (QED) is 0.759. The van der Waals surface area contributed by atoms with Crippen molar-refractivity contribution in [1.82, 2.24) is 5.32 Å². The average Bonchev–Trinajstić information content (AvgIpc) is 2.78. The van der Waals surface area contributed by atoms with Crippen LogP contribution in [0.1, 0.15) is 11.1 Å². The number of carbonyl (C=O) groups excluding carboxylic acids is 1. The third-order valence-electron chi connectivity index (χ3n) is 3.12. The lowest BCUT2D eigenvalue weighted by molar-refractivity contribution is -0.124. The number of fused-ring (bicyclic) bond motifs is 1. The summed E-state index contributed by atoms with van der Waals surface area (Å²) in [6.45, 7) is 1.09. The van der Waals surface area contributed by atoms with Crippen molar-refractivity contribution >= 4 is 5.91 Å². The van der Waals surface area contributed by atoms with E-state index < -0.39 is 0 Å². The van der Waals surface area contributed by atoms with Gasteiger partial charge in [0.25, 0.3) is 0 Å². The lowest BCUT2D eigenvalue weighted by Crippen LogP contribution is -2.31. The molecular weight excluding hydrogens is 212 g/mol. The second-order valence-corrected chi connectivity index (χ2v) is 4.33. The van der Waals surface area contributed by atoms with Gasteiger partial charge in [0.05, 0.1) is 0 Å². The van der Waals surface area contributed by atoms with Gasteiger partial charge in [-0.3, -0.25) is 4.79 Å². The van der Waals surface area contributed by atoms with Crippen molar-refractivity contribution in [3.8, 4) is 0 Å². The number of benzene rings is 1. The molecular formula is C14H18N2O. The van der Waals surface area contributed by atoms with Crippen molar-refractivity contribution in [2.45, 2.75) is 12.8 Å². The predicted octanol–water partition coefficient (Wildman–Crippen LogP) is 1.03. The highest BCUT2D eigenvalue weighted by atomic mass is 16.1. The first-order valence-corrected chi connectivity index (χ1v) is 6.01. The maximum atomic E-state index is 11.9. The molecule has 3 N–H and O–H groups in total. The number of carbonyl (C=O) groups is 1. The molecule has 0 saturated heterocycles. The van der Waals surface area contributed by atoms with Crippen LogP contribution in [0.4, 0.5) is 0 Å². The van der Waals surface area contributed by atoms with Gasteiger partial charge in [0.2, 0.25) is 5.91 Å². The molecule has 17 heavy (non-hydrogen) atoms. The van der Waals surface area contributed by atoms with Crippen LogP contribution < -0.4 is 11.1 Å². The zero-order valence-corrected chi connectivity index (χ0v) is 9.86. The van der Waals surface area contributed by atoms with Crippen LogP contribution in [0.5, 0.6) is 0 Å². The number of nitrogens with two attached hydrogens (primary N) is 1. The summed E-state index contributed by atoms with van der Waals surface area (Å²) in [7, 11) is 0. The molecule has 90 valence electrons. The molecule has 3 heteroatoms. The summed E-state index contributed by atoms with van der Waals surface area (Å²) >= 11 is 0. The van der Waals surface area contributed by atoms with E-state index in [1.807, 2.05) is 24.3 Å². The number of hydrogen-bond donors (Lipinski definition) is 2. The van der Waals surface area contributed by atoms with Crippen LogP contribution in [0.2, 0.25) is 0 Å². The molecule has 1 aromatic rings. The Kier molecular flexibility index (Phi) is 3.94. The van der Waals surface area contributed by atoms with E-state index in [0.29, 0.717) is 13.1 Å². The van der Waals surface area contributed by atoms with E-state index in [9.17, 15) is 4.79 Å². The fourth-order valence-corrected chi connectivity index (χ4v) is 2.23. The molecule has 0 aromatic heterocycles. The molecule has 1 aliphatic rings. The van der Waals surface area contributed by atoms with Crippen molar-refractivity contribution in [2.75, 3.05) is 13.1 Å². The van der Waals surface area contributed by atoms with E-state index in [1.165, 1.54) is 11.1 Å². The molecule has 3 nitrogen and oxygen atoms in total. The first kappa shape index (κ1) is 11.9. The smallest absolute Gasteiger partial charge is 0.224 e. The van der Waals surface area contributed by atoms with Crippen LogP contribution in [0, 0.1) is 5.92 Å². The Morgan fingerprint density at radius 2 is 1.94 bits per heavy atom. The van der Waals surface area contributed by atoms with Gasteiger partial charge in [-0.2, -0.15) is 0 Å². The zero-order valence-electron chi connectivity index (χ0n) is 9.86. The summed E-state index contributed by atoms with van der Waals surface area (Å²) in [5, 5.41) is 2.91. The van der Waals surface area contributed by atoms with Gasteiger partial charge < -0.3 is 11.1 Å². The van der Waals surface area contributed by atoms with Crippen LogP contribution in [0.3, 0.4) is 0 Å². The molecule has 0 unspecified atom stereocenters. The highest BCUT2D eigenvalue weighted by Gasteiger charge is 2.26. The molecule has 0 atom stereocenters. The highest BCUT2D eigenvalue weighted by molar-refractivity contribution is 5.80. The van der Waals surface area contributed by atoms with Crippen molar-refractivity contribution < 1.29 is 4.79 Å². The average molecular weight is 230 g/mol. The summed E-state index contributed by atoms with van der Waals surface area (Å²) in [5.41, 5.74) is 7.95. The number of nitrogens with one attached hydrogen (secondary N) is 1. The molecule has 1 amide bonds. The predicted molar refractivity (Wildman–Crippen MR) is 68.5 cm³/mol. The first-order valence-electron chi connectivity index (χ1n) is 6.01. The summed E-state index contributed by atoms with van der Waals surface area (Å²) in [6.07, 6.45) is 5.47. The minimum absolute atomic E-state index is 0.0960. The molecule has 0 bridgehead atoms. The van der Waals surface area contributed by atoms with Crippen LogP contribution in [-0.4, -0.2) is 19.0 Å². The molecule has 0 heterocycles. The van der Waals surface area contributed by atoms with E-state index in [1.54, 1.807) is 0 Å². The van der Waals surface area contributed by atoms with Gasteiger partial charge in [-0.05, 0) is 24.0 Å². The molecule has 0 fully saturated rings. The van der Waals surface area contributed by atoms with Gasteiger partial charge in [0, 0.05) is 19.0 Å². The normalized spacial score (nSPS) is 15.1. The van der Waals surface area contributed by atoms with E-state index in [-0.39, 0.29) is 11.8 Å². The Bertz CT molecular complexity index is 401. The lowest BCUT2D eigenvalue weighted by Gasteiger charge is -2.08. The maximum Gasteiger partial charge on any atom is 0.224 e. The zero-order chi connectivity index (χ0) is 12.1. The van der Waals surface area contributed by atoms with Gasteiger partial charge >= 0.3 is 0 Å². The molecule has 0 spiro atoms. The van der Waals surface area contributed by atoms with Crippen molar-refractivity contribution in [3.63, 3.8) is 0 Å². The second kappa shape index (κ2) is 5.64. The Balaban J connectivity index is 1.86. The van der Waals surface area contributed by atoms with Gasteiger partial charge in [0.1, 0.15) is 0 Å². The number of hydrogen-bond acceptors (Lipinski definition) is 2. The van der Waals surface area contributed by atoms with Gasteiger partial charge in [0.15, 0.2) is 0 Å². The van der Waals surface area contributed by atoms with Gasteiger partial charge in [-0.15, -0.1) is 0 Å². The van der Waals surface area contributed by atoms with Crippen LogP contribution in [0.15, 0.2) is 36.4 Å². The standard InChI is InChI=1S/C14H18N2O/c15-7-3-4-8-16-14(17)13-9-11-5-1-2-6-12(11)10-13/h1-6,13H,7-10,15H2,(H,16,17)/b4-3+. The monoisotopic (exact) mass is 230 g/mol. The summed E-state index contributed by atoms with van der Waals surface area (Å²) in [4.78, 5) is 11.9. The minimum atomic E-state index is 0.0960. The van der Waals surface area contributed by atoms with Crippen molar-refractivity contribution in [1.29, 1.82) is 0 Å². The minimum Gasteiger partial charge on any atom is -0.352 e. The van der Waals surface area contributed by atoms with Crippen molar-refractivity contribution in [2.24, 2.45) is 11.7 Å². The SMILES string of the molecule is NC/C=C/CNC(=O)C1Cc2ccccc2C1. The fourth-order valence-electron chi connectivity index (χ4n) is 2.23. The highest BCUT2D eigenvalue weighted by Crippen LogP contribution is 2.26. The number of rotatable bonds is 4. The van der Waals surface area contributed by atoms with E-state index in [4.69, 9.17) is 5.73 Å². The van der Waals surface area contributed by atoms with Crippen LogP contribution in [0.25, 0.3) is 0 Å². The van der Waals surface area contributed by atoms with E-state index in [0.717, 1.165) is 12.8 Å². The van der Waals surface area contributed by atoms with Crippen LogP contribution in [-0.2, 0) is 17.6 Å². The maximum absolute atomic E-state index is 11.9. The Morgan fingerprint density at radius 3 is 2.53 bits per heavy atom. The molecule has 2 rings (SSSR count). The summed E-state index contributed by atoms with van der Waals surface area (Å²) in [5.74, 6) is 0.238. The largest absolute Gasteiger partial charge is 0.352 e. The fraction of sp³-hybridized carbons (Fsp3) is 0.357. The summed E-state index contributed by atoms with van der Waals surface area (Å²) < 4.78 is 0. The van der Waals surface area contributed by atoms with Gasteiger partial charge in [-0.1, -0.05) is 36.4 Å². The number of amides is 1. The third kappa shape index (κ3) is 2.94. The van der Waals surface area contributed by atoms with Crippen molar-refractivity contribution in [3.05, 3.63) is 47.5 Å². The molecule has 0 aliphatic heterocycles. The second-order valence-electron chi connectivity index (χ2n) is 4.33. The molecule has 0 radical (unpaired) electrons. The molecule has 0 saturated carbocycles. The Hall–Kier alpha value is -1.61. The van der Waals surface area contributed by atoms with E-state index >= 15 is 0 Å². The first-order chi connectivity index (χ1) is 8.31. The lowest BCUT2D eigenvalue weighted by atomic mass is 10.1. The Labute approximate surface area is 102 Å². The molecule has 1 aliphatic carbocycles. The third-order valence-corrected chi connectivity index (χ3v) is 3.12. The van der Waals surface area contributed by atoms with Gasteiger partial charge in [-0.25, -0.2) is 0 Å². The van der Waals surface area contributed by atoms with Crippen LogP contribution >= 0.6 is 0 Å².